The van der Waals surface area contributed by atoms with Crippen LogP contribution in [0.15, 0.2) is 28.7 Å². The molecule has 1 atom stereocenters. The summed E-state index contributed by atoms with van der Waals surface area (Å²) in [4.78, 5) is 12.1. The van der Waals surface area contributed by atoms with Crippen LogP contribution in [0.5, 0.6) is 5.75 Å². The lowest BCUT2D eigenvalue weighted by atomic mass is 10.3. The number of rotatable bonds is 2. The molecule has 1 aliphatic heterocycles. The summed E-state index contributed by atoms with van der Waals surface area (Å²) >= 11 is 3.35. The number of carboxylic acid groups (broad SMARTS) is 1. The van der Waals surface area contributed by atoms with Crippen LogP contribution in [-0.4, -0.2) is 35.3 Å². The standard InChI is InChI=1S/C11H12BrNO3/c12-8-1-3-9(4-2-8)16-10-5-6-13(7-10)11(14)15/h1-4,10H,5-7H2,(H,14,15). The minimum atomic E-state index is -0.873. The third-order valence-corrected chi connectivity index (χ3v) is 3.06. The lowest BCUT2D eigenvalue weighted by molar-refractivity contribution is 0.145. The first-order chi connectivity index (χ1) is 7.65. The van der Waals surface area contributed by atoms with Gasteiger partial charge in [0, 0.05) is 17.4 Å². The number of carbonyl (C=O) groups is 1. The van der Waals surface area contributed by atoms with E-state index in [-0.39, 0.29) is 6.10 Å². The van der Waals surface area contributed by atoms with Gasteiger partial charge in [0.2, 0.25) is 0 Å². The summed E-state index contributed by atoms with van der Waals surface area (Å²) in [7, 11) is 0. The Hall–Kier alpha value is -1.23. The molecule has 1 fully saturated rings. The number of benzene rings is 1. The maximum atomic E-state index is 10.7. The van der Waals surface area contributed by atoms with E-state index < -0.39 is 6.09 Å². The van der Waals surface area contributed by atoms with E-state index in [4.69, 9.17) is 9.84 Å². The Morgan fingerprint density at radius 2 is 2.12 bits per heavy atom. The smallest absolute Gasteiger partial charge is 0.407 e. The largest absolute Gasteiger partial charge is 0.489 e. The van der Waals surface area contributed by atoms with Crippen molar-refractivity contribution >= 4 is 22.0 Å². The van der Waals surface area contributed by atoms with Crippen LogP contribution in [0.2, 0.25) is 0 Å². The quantitative estimate of drug-likeness (QED) is 0.909. The van der Waals surface area contributed by atoms with Crippen LogP contribution in [0.25, 0.3) is 0 Å². The Bertz CT molecular complexity index is 379. The maximum Gasteiger partial charge on any atom is 0.407 e. The van der Waals surface area contributed by atoms with E-state index in [1.807, 2.05) is 24.3 Å². The molecule has 5 heteroatoms. The average molecular weight is 286 g/mol. The first-order valence-electron chi connectivity index (χ1n) is 5.05. The van der Waals surface area contributed by atoms with Gasteiger partial charge in [-0.2, -0.15) is 0 Å². The van der Waals surface area contributed by atoms with Gasteiger partial charge in [-0.15, -0.1) is 0 Å². The third-order valence-electron chi connectivity index (χ3n) is 2.53. The first kappa shape index (κ1) is 11.3. The Morgan fingerprint density at radius 1 is 1.44 bits per heavy atom. The lowest BCUT2D eigenvalue weighted by Crippen LogP contribution is -2.29. The number of hydrogen-bond acceptors (Lipinski definition) is 2. The monoisotopic (exact) mass is 285 g/mol. The summed E-state index contributed by atoms with van der Waals surface area (Å²) in [5.74, 6) is 0.778. The van der Waals surface area contributed by atoms with E-state index in [0.717, 1.165) is 16.6 Å². The van der Waals surface area contributed by atoms with E-state index in [2.05, 4.69) is 15.9 Å². The van der Waals surface area contributed by atoms with E-state index in [1.54, 1.807) is 0 Å². The van der Waals surface area contributed by atoms with Crippen molar-refractivity contribution in [2.24, 2.45) is 0 Å². The number of hydrogen-bond donors (Lipinski definition) is 1. The van der Waals surface area contributed by atoms with Crippen LogP contribution in [0.4, 0.5) is 4.79 Å². The summed E-state index contributed by atoms with van der Waals surface area (Å²) in [5.41, 5.74) is 0. The van der Waals surface area contributed by atoms with Gasteiger partial charge in [0.25, 0.3) is 0 Å². The number of ether oxygens (including phenoxy) is 1. The highest BCUT2D eigenvalue weighted by Gasteiger charge is 2.27. The van der Waals surface area contributed by atoms with E-state index >= 15 is 0 Å². The first-order valence-corrected chi connectivity index (χ1v) is 5.84. The fourth-order valence-electron chi connectivity index (χ4n) is 1.70. The zero-order valence-corrected chi connectivity index (χ0v) is 10.2. The number of halogens is 1. The van der Waals surface area contributed by atoms with Gasteiger partial charge < -0.3 is 14.7 Å². The van der Waals surface area contributed by atoms with Crippen molar-refractivity contribution in [3.63, 3.8) is 0 Å². The van der Waals surface area contributed by atoms with Crippen molar-refractivity contribution in [3.8, 4) is 5.75 Å². The molecule has 0 spiro atoms. The Labute approximate surface area is 102 Å². The highest BCUT2D eigenvalue weighted by molar-refractivity contribution is 9.10. The molecule has 2 rings (SSSR count). The van der Waals surface area contributed by atoms with Gasteiger partial charge in [-0.05, 0) is 24.3 Å². The molecule has 0 bridgehead atoms. The molecular formula is C11H12BrNO3. The number of likely N-dealkylation sites (tertiary alicyclic amines) is 1. The fourth-order valence-corrected chi connectivity index (χ4v) is 1.97. The molecular weight excluding hydrogens is 274 g/mol. The minimum Gasteiger partial charge on any atom is -0.489 e. The van der Waals surface area contributed by atoms with Crippen LogP contribution >= 0.6 is 15.9 Å². The summed E-state index contributed by atoms with van der Waals surface area (Å²) in [5, 5.41) is 8.80. The van der Waals surface area contributed by atoms with Crippen molar-refractivity contribution in [2.45, 2.75) is 12.5 Å². The molecule has 4 nitrogen and oxygen atoms in total. The van der Waals surface area contributed by atoms with Crippen molar-refractivity contribution in [1.29, 1.82) is 0 Å². The molecule has 0 aromatic heterocycles. The maximum absolute atomic E-state index is 10.7. The van der Waals surface area contributed by atoms with Gasteiger partial charge in [0.15, 0.2) is 0 Å². The Morgan fingerprint density at radius 3 is 2.69 bits per heavy atom. The summed E-state index contributed by atoms with van der Waals surface area (Å²) < 4.78 is 6.68. The topological polar surface area (TPSA) is 49.8 Å². The number of nitrogens with zero attached hydrogens (tertiary/aromatic N) is 1. The lowest BCUT2D eigenvalue weighted by Gasteiger charge is -2.14. The van der Waals surface area contributed by atoms with Crippen molar-refractivity contribution in [3.05, 3.63) is 28.7 Å². The average Bonchev–Trinajstić information content (AvgIpc) is 2.70. The molecule has 16 heavy (non-hydrogen) atoms. The molecule has 0 saturated carbocycles. The second-order valence-electron chi connectivity index (χ2n) is 3.71. The highest BCUT2D eigenvalue weighted by atomic mass is 79.9. The molecule has 1 aromatic rings. The van der Waals surface area contributed by atoms with Crippen molar-refractivity contribution in [2.75, 3.05) is 13.1 Å². The summed E-state index contributed by atoms with van der Waals surface area (Å²) in [6, 6.07) is 7.54. The van der Waals surface area contributed by atoms with Crippen molar-refractivity contribution < 1.29 is 14.6 Å². The van der Waals surface area contributed by atoms with Gasteiger partial charge in [0.1, 0.15) is 11.9 Å². The molecule has 1 unspecified atom stereocenters. The zero-order chi connectivity index (χ0) is 11.5. The molecule has 1 aliphatic rings. The van der Waals surface area contributed by atoms with Gasteiger partial charge in [-0.3, -0.25) is 0 Å². The van der Waals surface area contributed by atoms with Gasteiger partial charge in [0.05, 0.1) is 6.54 Å². The third kappa shape index (κ3) is 2.66. The molecule has 1 heterocycles. The predicted octanol–water partition coefficient (Wildman–Crippen LogP) is 2.58. The second kappa shape index (κ2) is 4.74. The molecule has 1 aromatic carbocycles. The predicted molar refractivity (Wildman–Crippen MR) is 62.8 cm³/mol. The fraction of sp³-hybridized carbons (Fsp3) is 0.364. The minimum absolute atomic E-state index is 0.0303. The van der Waals surface area contributed by atoms with Gasteiger partial charge in [-0.25, -0.2) is 4.79 Å². The molecule has 1 saturated heterocycles. The zero-order valence-electron chi connectivity index (χ0n) is 8.60. The summed E-state index contributed by atoms with van der Waals surface area (Å²) in [6.45, 7) is 1.00. The Kier molecular flexibility index (Phi) is 3.33. The molecule has 1 N–H and O–H groups in total. The molecule has 0 aliphatic carbocycles. The molecule has 0 radical (unpaired) electrons. The van der Waals surface area contributed by atoms with Crippen molar-refractivity contribution in [1.82, 2.24) is 4.90 Å². The van der Waals surface area contributed by atoms with Crippen LogP contribution in [-0.2, 0) is 0 Å². The van der Waals surface area contributed by atoms with Crippen LogP contribution in [0.3, 0.4) is 0 Å². The van der Waals surface area contributed by atoms with Crippen LogP contribution in [0.1, 0.15) is 6.42 Å². The number of amides is 1. The second-order valence-corrected chi connectivity index (χ2v) is 4.63. The normalized spacial score (nSPS) is 19.8. The van der Waals surface area contributed by atoms with Gasteiger partial charge in [-0.1, -0.05) is 15.9 Å². The highest BCUT2D eigenvalue weighted by Crippen LogP contribution is 2.20. The molecule has 86 valence electrons. The SMILES string of the molecule is O=C(O)N1CCC(Oc2ccc(Br)cc2)C1. The summed E-state index contributed by atoms with van der Waals surface area (Å²) in [6.07, 6.45) is -0.151. The van der Waals surface area contributed by atoms with Crippen LogP contribution in [0, 0.1) is 0 Å². The van der Waals surface area contributed by atoms with Crippen LogP contribution < -0.4 is 4.74 Å². The van der Waals surface area contributed by atoms with E-state index in [1.165, 1.54) is 4.90 Å². The van der Waals surface area contributed by atoms with Gasteiger partial charge >= 0.3 is 6.09 Å². The van der Waals surface area contributed by atoms with E-state index in [9.17, 15) is 4.79 Å². The molecule has 1 amide bonds. The van der Waals surface area contributed by atoms with E-state index in [0.29, 0.717) is 13.1 Å². The Balaban J connectivity index is 1.92.